The Kier molecular flexibility index (Phi) is 6.24. The first-order valence-corrected chi connectivity index (χ1v) is 11.3. The van der Waals surface area contributed by atoms with E-state index in [1.54, 1.807) is 12.1 Å². The summed E-state index contributed by atoms with van der Waals surface area (Å²) in [6.07, 6.45) is 1.56. The number of nitrogen functional groups attached to an aromatic ring is 1. The summed E-state index contributed by atoms with van der Waals surface area (Å²) in [5.74, 6) is -1.78. The van der Waals surface area contributed by atoms with Crippen molar-refractivity contribution in [3.63, 3.8) is 0 Å². The Bertz CT molecular complexity index is 1120. The second kappa shape index (κ2) is 9.00. The van der Waals surface area contributed by atoms with Gasteiger partial charge in [0.05, 0.1) is 13.1 Å². The van der Waals surface area contributed by atoms with Crippen LogP contribution in [0.15, 0.2) is 54.6 Å². The minimum absolute atomic E-state index is 0.0438. The zero-order chi connectivity index (χ0) is 24.5. The van der Waals surface area contributed by atoms with Crippen molar-refractivity contribution in [1.82, 2.24) is 5.32 Å². The predicted molar refractivity (Wildman–Crippen MR) is 126 cm³/mol. The highest BCUT2D eigenvalue weighted by atomic mass is 16.4. The Labute approximate surface area is 197 Å². The van der Waals surface area contributed by atoms with Crippen molar-refractivity contribution in [2.45, 2.75) is 37.4 Å². The lowest BCUT2D eigenvalue weighted by molar-refractivity contribution is -0.885. The third kappa shape index (κ3) is 4.08. The van der Waals surface area contributed by atoms with E-state index in [0.717, 1.165) is 11.1 Å². The smallest absolute Gasteiger partial charge is 0.332 e. The van der Waals surface area contributed by atoms with Crippen molar-refractivity contribution < 1.29 is 24.0 Å². The van der Waals surface area contributed by atoms with Crippen molar-refractivity contribution in [1.29, 1.82) is 5.41 Å². The molecule has 7 N–H and O–H groups in total. The Morgan fingerprint density at radius 3 is 2.32 bits per heavy atom. The predicted octanol–water partition coefficient (Wildman–Crippen LogP) is 0.747. The molecule has 178 valence electrons. The molecule has 2 aliphatic rings. The molecule has 1 heterocycles. The molecule has 0 spiro atoms. The van der Waals surface area contributed by atoms with Crippen molar-refractivity contribution in [2.24, 2.45) is 17.4 Å². The van der Waals surface area contributed by atoms with Gasteiger partial charge in [0.1, 0.15) is 18.4 Å². The van der Waals surface area contributed by atoms with E-state index in [1.807, 2.05) is 42.5 Å². The Morgan fingerprint density at radius 1 is 1.09 bits per heavy atom. The fourth-order valence-electron chi connectivity index (χ4n) is 5.58. The highest BCUT2D eigenvalue weighted by Gasteiger charge is 2.79. The summed E-state index contributed by atoms with van der Waals surface area (Å²) >= 11 is 0. The van der Waals surface area contributed by atoms with Gasteiger partial charge < -0.3 is 16.6 Å². The van der Waals surface area contributed by atoms with E-state index in [9.17, 15) is 19.5 Å². The van der Waals surface area contributed by atoms with E-state index in [4.69, 9.17) is 16.9 Å². The summed E-state index contributed by atoms with van der Waals surface area (Å²) in [6.45, 7) is 0.348. The van der Waals surface area contributed by atoms with Crippen LogP contribution in [0.3, 0.4) is 0 Å². The van der Waals surface area contributed by atoms with Gasteiger partial charge in [-0.3, -0.25) is 20.3 Å². The molecule has 2 aromatic rings. The molecular weight excluding hydrogens is 434 g/mol. The maximum atomic E-state index is 14.3. The number of nitrogens with two attached hydrogens (primary N) is 2. The Balaban J connectivity index is 1.72. The summed E-state index contributed by atoms with van der Waals surface area (Å²) in [4.78, 5) is 38.3. The zero-order valence-electron chi connectivity index (χ0n) is 18.9. The second-order valence-corrected chi connectivity index (χ2v) is 9.29. The van der Waals surface area contributed by atoms with Crippen LogP contribution in [-0.2, 0) is 27.3 Å². The number of fused-ring (bicyclic) bond motifs is 1. The maximum Gasteiger partial charge on any atom is 0.332 e. The van der Waals surface area contributed by atoms with E-state index in [1.165, 1.54) is 0 Å². The summed E-state index contributed by atoms with van der Waals surface area (Å²) < 4.78 is -0.128. The molecule has 1 saturated heterocycles. The van der Waals surface area contributed by atoms with E-state index in [-0.39, 0.29) is 35.2 Å². The van der Waals surface area contributed by atoms with Crippen LogP contribution in [0.4, 0.5) is 0 Å². The third-order valence-corrected chi connectivity index (χ3v) is 7.34. The minimum atomic E-state index is -1.06. The fraction of sp³-hybridized carbons (Fsp3) is 0.360. The fourth-order valence-corrected chi connectivity index (χ4v) is 5.58. The van der Waals surface area contributed by atoms with Gasteiger partial charge in [0.25, 0.3) is 5.91 Å². The van der Waals surface area contributed by atoms with Gasteiger partial charge in [-0.2, -0.15) is 0 Å². The van der Waals surface area contributed by atoms with Gasteiger partial charge in [0, 0.05) is 36.3 Å². The highest BCUT2D eigenvalue weighted by Crippen LogP contribution is 2.61. The number of carbonyl (C=O) groups excluding carboxylic acids is 2. The maximum absolute atomic E-state index is 14.3. The average Bonchev–Trinajstić information content (AvgIpc) is 3.48. The van der Waals surface area contributed by atoms with E-state index >= 15 is 0 Å². The number of piperidine rings is 1. The van der Waals surface area contributed by atoms with Crippen LogP contribution in [0.1, 0.15) is 29.5 Å². The average molecular weight is 465 g/mol. The Morgan fingerprint density at radius 2 is 1.76 bits per heavy atom. The molecule has 2 aromatic carbocycles. The third-order valence-electron chi connectivity index (χ3n) is 7.34. The number of quaternary nitrogens is 1. The van der Waals surface area contributed by atoms with Crippen LogP contribution >= 0.6 is 0 Å². The molecule has 1 saturated carbocycles. The molecule has 0 radical (unpaired) electrons. The van der Waals surface area contributed by atoms with Crippen molar-refractivity contribution in [2.75, 3.05) is 13.1 Å². The number of rotatable bonds is 10. The second-order valence-electron chi connectivity index (χ2n) is 9.29. The van der Waals surface area contributed by atoms with Crippen molar-refractivity contribution in [3.8, 4) is 0 Å². The molecule has 2 unspecified atom stereocenters. The number of nitrogens with zero attached hydrogens (tertiary/aromatic N) is 1. The number of hydrogen-bond acceptors (Lipinski definition) is 5. The number of hydrogen-bond donors (Lipinski definition) is 5. The van der Waals surface area contributed by atoms with Crippen molar-refractivity contribution >= 4 is 23.6 Å². The summed E-state index contributed by atoms with van der Waals surface area (Å²) in [7, 11) is 0. The number of likely N-dealkylation sites (tertiary alicyclic amines) is 1. The molecule has 2 fully saturated rings. The summed E-state index contributed by atoms with van der Waals surface area (Å²) in [5, 5.41) is 19.8. The first-order chi connectivity index (χ1) is 16.2. The number of amides is 2. The van der Waals surface area contributed by atoms with Gasteiger partial charge in [-0.15, -0.1) is 0 Å². The normalized spacial score (nSPS) is 25.8. The molecular formula is C25H30N5O4+. The molecule has 9 heteroatoms. The van der Waals surface area contributed by atoms with Gasteiger partial charge in [-0.25, -0.2) is 9.28 Å². The summed E-state index contributed by atoms with van der Waals surface area (Å²) in [6, 6.07) is 15.7. The molecule has 9 nitrogen and oxygen atoms in total. The number of carboxylic acids is 1. The number of benzene rings is 2. The zero-order valence-corrected chi connectivity index (χ0v) is 18.9. The lowest BCUT2D eigenvalue weighted by Gasteiger charge is -2.41. The topological polar surface area (TPSA) is 159 Å². The van der Waals surface area contributed by atoms with E-state index in [0.29, 0.717) is 31.4 Å². The molecule has 0 bridgehead atoms. The number of carbonyl (C=O) groups is 3. The van der Waals surface area contributed by atoms with E-state index in [2.05, 4.69) is 5.32 Å². The molecule has 1 aliphatic heterocycles. The molecule has 2 amide bonds. The van der Waals surface area contributed by atoms with Crippen LogP contribution in [-0.4, -0.2) is 57.9 Å². The van der Waals surface area contributed by atoms with Gasteiger partial charge in [0.2, 0.25) is 0 Å². The lowest BCUT2D eigenvalue weighted by Crippen LogP contribution is -2.67. The number of carboxylic acid groups (broad SMARTS) is 1. The molecule has 34 heavy (non-hydrogen) atoms. The van der Waals surface area contributed by atoms with Gasteiger partial charge in [-0.05, 0) is 5.56 Å². The van der Waals surface area contributed by atoms with Crippen molar-refractivity contribution in [3.05, 3.63) is 71.3 Å². The van der Waals surface area contributed by atoms with Crippen LogP contribution in [0.2, 0.25) is 0 Å². The quantitative estimate of drug-likeness (QED) is 0.198. The monoisotopic (exact) mass is 464 g/mol. The van der Waals surface area contributed by atoms with Crippen LogP contribution < -0.4 is 16.8 Å². The van der Waals surface area contributed by atoms with Gasteiger partial charge in [0.15, 0.2) is 5.54 Å². The molecule has 4 atom stereocenters. The van der Waals surface area contributed by atoms with Crippen LogP contribution in [0.5, 0.6) is 0 Å². The number of nitrogens with one attached hydrogen (secondary N) is 2. The number of primary amides is 1. The highest BCUT2D eigenvalue weighted by molar-refractivity contribution is 5.95. The first kappa shape index (κ1) is 23.6. The number of amidine groups is 1. The molecule has 4 rings (SSSR count). The van der Waals surface area contributed by atoms with Gasteiger partial charge in [-0.1, -0.05) is 54.6 Å². The van der Waals surface area contributed by atoms with E-state index < -0.39 is 23.5 Å². The number of aliphatic carboxylic acids is 1. The Hall–Kier alpha value is -3.56. The minimum Gasteiger partial charge on any atom is -0.480 e. The summed E-state index contributed by atoms with van der Waals surface area (Å²) in [5.41, 5.74) is 12.8. The lowest BCUT2D eigenvalue weighted by atomic mass is 9.99. The molecule has 0 aromatic heterocycles. The largest absolute Gasteiger partial charge is 0.480 e. The molecule has 1 aliphatic carbocycles. The first-order valence-electron chi connectivity index (χ1n) is 11.3. The standard InChI is InChI=1S/C25H29N5O4/c26-22(27)18-8-6-17(7-9-18)15-30(11-10-19-13-25(19,30)24(28)34)23(33)20(29-14-21(31)32)12-16-4-2-1-3-5-16/h1-9,19-20,29H,10-15H2,(H5-,26,27,28,31,32,34)/p+1/t19-,20?,25+,30?/m1/s1. The van der Waals surface area contributed by atoms with Crippen LogP contribution in [0.25, 0.3) is 0 Å². The SMILES string of the molecule is N=C(N)c1ccc(C[N+]2(C(=O)C(Cc3ccccc3)NCC(=O)O)CC[C@@H]3C[C@@]32C(N)=O)cc1. The van der Waals surface area contributed by atoms with Gasteiger partial charge >= 0.3 is 11.9 Å². The van der Waals surface area contributed by atoms with Crippen LogP contribution in [0, 0.1) is 11.3 Å².